The van der Waals surface area contributed by atoms with Crippen molar-refractivity contribution < 1.29 is 0 Å². The van der Waals surface area contributed by atoms with E-state index < -0.39 is 0 Å². The molecular formula is C38H47N3. The lowest BCUT2D eigenvalue weighted by molar-refractivity contribution is 0.396. The van der Waals surface area contributed by atoms with E-state index >= 15 is 0 Å². The maximum Gasteiger partial charge on any atom is 0.0478 e. The van der Waals surface area contributed by atoms with Crippen molar-refractivity contribution in [3.8, 4) is 11.1 Å². The maximum absolute atomic E-state index is 4.65. The summed E-state index contributed by atoms with van der Waals surface area (Å²) in [6.07, 6.45) is 10.1. The van der Waals surface area contributed by atoms with Crippen LogP contribution in [0.2, 0.25) is 0 Å². The molecule has 3 aromatic rings. The van der Waals surface area contributed by atoms with Crippen molar-refractivity contribution in [2.75, 3.05) is 23.9 Å². The lowest BCUT2D eigenvalue weighted by atomic mass is 9.86. The highest BCUT2D eigenvalue weighted by Crippen LogP contribution is 2.35. The summed E-state index contributed by atoms with van der Waals surface area (Å²) in [7, 11) is 4.14. The molecule has 0 unspecified atom stereocenters. The molecule has 0 spiro atoms. The Bertz CT molecular complexity index is 1320. The molecule has 0 aliphatic heterocycles. The zero-order valence-electron chi connectivity index (χ0n) is 25.3. The van der Waals surface area contributed by atoms with E-state index in [2.05, 4.69) is 135 Å². The number of benzene rings is 3. The molecule has 0 bridgehead atoms. The first-order valence-electron chi connectivity index (χ1n) is 14.6. The molecule has 0 aromatic heterocycles. The summed E-state index contributed by atoms with van der Waals surface area (Å²) in [5, 5.41) is 3.38. The fraction of sp³-hybridized carbons (Fsp3) is 0.263. The molecule has 214 valence electrons. The second kappa shape index (κ2) is 15.5. The average molecular weight is 546 g/mol. The van der Waals surface area contributed by atoms with Crippen molar-refractivity contribution in [3.63, 3.8) is 0 Å². The normalized spacial score (nSPS) is 13.4. The summed E-state index contributed by atoms with van der Waals surface area (Å²) in [6, 6.07) is 26.3. The Hall–Kier alpha value is -4.24. The lowest BCUT2D eigenvalue weighted by Gasteiger charge is -2.34. The number of allylic oxidation sites excluding steroid dienone is 3. The minimum Gasteiger partial charge on any atom is -0.378 e. The number of hydrogen-bond acceptors (Lipinski definition) is 3. The minimum absolute atomic E-state index is 0.522. The first-order valence-corrected chi connectivity index (χ1v) is 14.6. The molecule has 0 heterocycles. The van der Waals surface area contributed by atoms with Crippen LogP contribution in [-0.4, -0.2) is 14.1 Å². The lowest BCUT2D eigenvalue weighted by Crippen LogP contribution is -2.27. The van der Waals surface area contributed by atoms with E-state index in [1.165, 1.54) is 60.2 Å². The van der Waals surface area contributed by atoms with Crippen molar-refractivity contribution in [1.29, 1.82) is 0 Å². The topological polar surface area (TPSA) is 18.5 Å². The number of nitrogens with zero attached hydrogens (tertiary/aromatic N) is 2. The Kier molecular flexibility index (Phi) is 11.8. The molecule has 3 nitrogen and oxygen atoms in total. The summed E-state index contributed by atoms with van der Waals surface area (Å²) >= 11 is 0. The van der Waals surface area contributed by atoms with Gasteiger partial charge in [0.1, 0.15) is 0 Å². The van der Waals surface area contributed by atoms with Gasteiger partial charge in [0.05, 0.1) is 0 Å². The van der Waals surface area contributed by atoms with Gasteiger partial charge >= 0.3 is 0 Å². The summed E-state index contributed by atoms with van der Waals surface area (Å²) in [6.45, 7) is 21.6. The van der Waals surface area contributed by atoms with Crippen LogP contribution >= 0.6 is 0 Å². The first-order chi connectivity index (χ1) is 19.9. The van der Waals surface area contributed by atoms with Crippen molar-refractivity contribution >= 4 is 17.1 Å². The number of nitrogens with one attached hydrogen (secondary N) is 1. The van der Waals surface area contributed by atoms with Crippen LogP contribution < -0.4 is 15.1 Å². The summed E-state index contributed by atoms with van der Waals surface area (Å²) in [5.41, 5.74) is 10.2. The van der Waals surface area contributed by atoms with Crippen molar-refractivity contribution in [2.24, 2.45) is 5.92 Å². The molecule has 0 atom stereocenters. The Morgan fingerprint density at radius 2 is 1.46 bits per heavy atom. The molecule has 3 aromatic carbocycles. The van der Waals surface area contributed by atoms with Crippen LogP contribution in [0.5, 0.6) is 0 Å². The standard InChI is InChI=1S/C36H43N3.C2H4/c1-7-34(8-2)37-27(3)33-15-12-16-36(25-33)39(28(4)30-13-10-9-11-14-30)26-29-17-19-31(20-18-29)32-21-23-35(24-22-32)38(5)6;1-2/h7-8,12,15-25,30,37H,1,3-4,9-11,13-14,26H2,2,5-6H3;1-2H2/b34-8+;. The highest BCUT2D eigenvalue weighted by Gasteiger charge is 2.22. The molecule has 0 saturated heterocycles. The molecule has 0 radical (unpaired) electrons. The molecular weight excluding hydrogens is 498 g/mol. The van der Waals surface area contributed by atoms with Gasteiger partial charge in [-0.15, -0.1) is 13.2 Å². The zero-order chi connectivity index (χ0) is 29.8. The van der Waals surface area contributed by atoms with Gasteiger partial charge in [-0.3, -0.25) is 0 Å². The van der Waals surface area contributed by atoms with E-state index in [0.29, 0.717) is 5.92 Å². The fourth-order valence-electron chi connectivity index (χ4n) is 5.30. The third-order valence-corrected chi connectivity index (χ3v) is 7.77. The van der Waals surface area contributed by atoms with E-state index in [1.807, 2.05) is 19.1 Å². The van der Waals surface area contributed by atoms with Crippen LogP contribution in [0, 0.1) is 5.92 Å². The van der Waals surface area contributed by atoms with E-state index in [9.17, 15) is 0 Å². The predicted octanol–water partition coefficient (Wildman–Crippen LogP) is 9.97. The monoisotopic (exact) mass is 545 g/mol. The van der Waals surface area contributed by atoms with Gasteiger partial charge in [-0.2, -0.15) is 0 Å². The first kappa shape index (κ1) is 31.3. The number of anilines is 2. The van der Waals surface area contributed by atoms with Gasteiger partial charge < -0.3 is 15.1 Å². The minimum atomic E-state index is 0.522. The zero-order valence-corrected chi connectivity index (χ0v) is 25.3. The van der Waals surface area contributed by atoms with Crippen LogP contribution in [0.15, 0.2) is 129 Å². The SMILES string of the molecule is C=C.C=C/C(=C\C)NC(=C)c1cccc(N(Cc2ccc(-c3ccc(N(C)C)cc3)cc2)C(=C)C2CCCCC2)c1. The van der Waals surface area contributed by atoms with Gasteiger partial charge in [0.25, 0.3) is 0 Å². The fourth-order valence-corrected chi connectivity index (χ4v) is 5.30. The van der Waals surface area contributed by atoms with Gasteiger partial charge in [-0.05, 0) is 78.3 Å². The van der Waals surface area contributed by atoms with Gasteiger partial charge in [-0.1, -0.05) is 93.6 Å². The van der Waals surface area contributed by atoms with Crippen LogP contribution in [0.4, 0.5) is 11.4 Å². The van der Waals surface area contributed by atoms with E-state index in [4.69, 9.17) is 0 Å². The van der Waals surface area contributed by atoms with Crippen LogP contribution in [0.1, 0.15) is 50.2 Å². The van der Waals surface area contributed by atoms with Crippen molar-refractivity contribution in [3.05, 3.63) is 140 Å². The van der Waals surface area contributed by atoms with E-state index in [-0.39, 0.29) is 0 Å². The third kappa shape index (κ3) is 8.38. The highest BCUT2D eigenvalue weighted by molar-refractivity contribution is 5.69. The van der Waals surface area contributed by atoms with Crippen LogP contribution in [0.3, 0.4) is 0 Å². The second-order valence-corrected chi connectivity index (χ2v) is 10.7. The summed E-state index contributed by atoms with van der Waals surface area (Å²) in [4.78, 5) is 4.54. The molecule has 0 amide bonds. The smallest absolute Gasteiger partial charge is 0.0478 e. The van der Waals surface area contributed by atoms with Gasteiger partial charge in [0.2, 0.25) is 0 Å². The molecule has 1 saturated carbocycles. The Morgan fingerprint density at radius 1 is 0.854 bits per heavy atom. The van der Waals surface area contributed by atoms with Gasteiger partial charge in [-0.25, -0.2) is 0 Å². The largest absolute Gasteiger partial charge is 0.378 e. The van der Waals surface area contributed by atoms with Crippen LogP contribution in [-0.2, 0) is 6.54 Å². The molecule has 1 fully saturated rings. The van der Waals surface area contributed by atoms with Crippen molar-refractivity contribution in [1.82, 2.24) is 5.32 Å². The molecule has 41 heavy (non-hydrogen) atoms. The summed E-state index contributed by atoms with van der Waals surface area (Å²) in [5.74, 6) is 0.522. The molecule has 3 heteroatoms. The number of rotatable bonds is 11. The van der Waals surface area contributed by atoms with Crippen molar-refractivity contribution in [2.45, 2.75) is 45.6 Å². The second-order valence-electron chi connectivity index (χ2n) is 10.7. The third-order valence-electron chi connectivity index (χ3n) is 7.77. The van der Waals surface area contributed by atoms with E-state index in [1.54, 1.807) is 0 Å². The highest BCUT2D eigenvalue weighted by atomic mass is 15.1. The Morgan fingerprint density at radius 3 is 2.02 bits per heavy atom. The Labute approximate surface area is 248 Å². The average Bonchev–Trinajstić information content (AvgIpc) is 3.03. The van der Waals surface area contributed by atoms with Gasteiger partial charge in [0, 0.05) is 49.1 Å². The maximum atomic E-state index is 4.65. The molecule has 4 rings (SSSR count). The predicted molar refractivity (Wildman–Crippen MR) is 182 cm³/mol. The van der Waals surface area contributed by atoms with E-state index in [0.717, 1.165) is 29.2 Å². The molecule has 1 aliphatic carbocycles. The molecule has 1 N–H and O–H groups in total. The quantitative estimate of drug-likeness (QED) is 0.191. The summed E-state index contributed by atoms with van der Waals surface area (Å²) < 4.78 is 0. The number of hydrogen-bond donors (Lipinski definition) is 1. The Balaban J connectivity index is 0.00000226. The van der Waals surface area contributed by atoms with Crippen LogP contribution in [0.25, 0.3) is 16.8 Å². The van der Waals surface area contributed by atoms with Gasteiger partial charge in [0.15, 0.2) is 0 Å². The molecule has 1 aliphatic rings.